The molecule has 1 saturated heterocycles. The van der Waals surface area contributed by atoms with Crippen molar-refractivity contribution in [3.63, 3.8) is 0 Å². The van der Waals surface area contributed by atoms with Gasteiger partial charge in [-0.2, -0.15) is 0 Å². The Labute approximate surface area is 173 Å². The van der Waals surface area contributed by atoms with Crippen molar-refractivity contribution in [2.75, 3.05) is 34.2 Å². The number of likely N-dealkylation sites (tertiary alicyclic amines) is 1. The lowest BCUT2D eigenvalue weighted by Crippen LogP contribution is -2.61. The molecule has 1 aliphatic heterocycles. The van der Waals surface area contributed by atoms with Gasteiger partial charge in [0.2, 0.25) is 0 Å². The highest BCUT2D eigenvalue weighted by Crippen LogP contribution is 2.34. The lowest BCUT2D eigenvalue weighted by atomic mass is 9.84. The fourth-order valence-corrected chi connectivity index (χ4v) is 3.39. The van der Waals surface area contributed by atoms with Crippen LogP contribution in [0.1, 0.15) is 25.3 Å². The summed E-state index contributed by atoms with van der Waals surface area (Å²) in [5, 5.41) is 2.96. The summed E-state index contributed by atoms with van der Waals surface area (Å²) in [6, 6.07) is 9.73. The van der Waals surface area contributed by atoms with Crippen molar-refractivity contribution >= 4 is 11.9 Å². The van der Waals surface area contributed by atoms with E-state index >= 15 is 0 Å². The molecule has 0 aliphatic carbocycles. The number of benzene rings is 1. The maximum absolute atomic E-state index is 12.5. The highest BCUT2D eigenvalue weighted by Gasteiger charge is 2.44. The van der Waals surface area contributed by atoms with Crippen molar-refractivity contribution in [2.24, 2.45) is 10.7 Å². The average Bonchev–Trinajstić information content (AvgIpc) is 2.73. The number of rotatable bonds is 8. The SMILES string of the molecule is CN=C(C(/C=C\NC)=C\N)N(C)CC[C@]1(C)CCN1C(=O)OCc1ccccc1. The van der Waals surface area contributed by atoms with Crippen LogP contribution < -0.4 is 11.1 Å². The van der Waals surface area contributed by atoms with Gasteiger partial charge in [-0.25, -0.2) is 4.79 Å². The van der Waals surface area contributed by atoms with Gasteiger partial charge in [0.15, 0.2) is 0 Å². The number of likely N-dealkylation sites (N-methyl/N-ethyl adjacent to an activating group) is 1. The van der Waals surface area contributed by atoms with Crippen LogP contribution in [0.5, 0.6) is 0 Å². The molecule has 29 heavy (non-hydrogen) atoms. The number of hydrogen-bond acceptors (Lipinski definition) is 5. The van der Waals surface area contributed by atoms with E-state index in [4.69, 9.17) is 10.5 Å². The van der Waals surface area contributed by atoms with Gasteiger partial charge in [0.1, 0.15) is 12.4 Å². The zero-order chi connectivity index (χ0) is 21.3. The minimum absolute atomic E-state index is 0.214. The minimum atomic E-state index is -0.255. The molecule has 2 rings (SSSR count). The summed E-state index contributed by atoms with van der Waals surface area (Å²) in [7, 11) is 5.57. The zero-order valence-electron chi connectivity index (χ0n) is 17.9. The number of amidine groups is 1. The topological polar surface area (TPSA) is 83.2 Å². The van der Waals surface area contributed by atoms with E-state index in [9.17, 15) is 4.79 Å². The van der Waals surface area contributed by atoms with Crippen LogP contribution in [0.15, 0.2) is 59.4 Å². The molecule has 1 aromatic rings. The quantitative estimate of drug-likeness (QED) is 0.399. The predicted octanol–water partition coefficient (Wildman–Crippen LogP) is 2.71. The van der Waals surface area contributed by atoms with Gasteiger partial charge in [0.05, 0.1) is 0 Å². The molecule has 0 spiro atoms. The number of aliphatic imine (C=N–C) groups is 1. The number of hydrogen-bond donors (Lipinski definition) is 2. The monoisotopic (exact) mass is 399 g/mol. The van der Waals surface area contributed by atoms with Gasteiger partial charge in [-0.15, -0.1) is 0 Å². The van der Waals surface area contributed by atoms with Gasteiger partial charge in [0.25, 0.3) is 0 Å². The van der Waals surface area contributed by atoms with E-state index in [2.05, 4.69) is 22.1 Å². The van der Waals surface area contributed by atoms with Crippen LogP contribution in [-0.4, -0.2) is 61.5 Å². The molecular formula is C22H33N5O2. The molecule has 0 aromatic heterocycles. The average molecular weight is 400 g/mol. The molecule has 1 atom stereocenters. The van der Waals surface area contributed by atoms with Crippen LogP contribution in [0.4, 0.5) is 4.79 Å². The Morgan fingerprint density at radius 3 is 2.69 bits per heavy atom. The van der Waals surface area contributed by atoms with E-state index in [1.165, 1.54) is 0 Å². The van der Waals surface area contributed by atoms with Gasteiger partial charge in [-0.3, -0.25) is 4.99 Å². The summed E-state index contributed by atoms with van der Waals surface area (Å²) in [5.74, 6) is 0.806. The van der Waals surface area contributed by atoms with Crippen molar-refractivity contribution in [3.8, 4) is 0 Å². The van der Waals surface area contributed by atoms with E-state index in [1.54, 1.807) is 13.2 Å². The highest BCUT2D eigenvalue weighted by molar-refractivity contribution is 6.00. The number of ether oxygens (including phenoxy) is 1. The molecule has 1 heterocycles. The summed E-state index contributed by atoms with van der Waals surface area (Å²) in [6.07, 6.45) is 6.77. The van der Waals surface area contributed by atoms with Gasteiger partial charge in [0, 0.05) is 51.5 Å². The Kier molecular flexibility index (Phi) is 8.12. The highest BCUT2D eigenvalue weighted by atomic mass is 16.6. The van der Waals surface area contributed by atoms with Crippen LogP contribution in [0.2, 0.25) is 0 Å². The Bertz CT molecular complexity index is 760. The van der Waals surface area contributed by atoms with E-state index in [0.717, 1.165) is 42.9 Å². The lowest BCUT2D eigenvalue weighted by Gasteiger charge is -2.50. The van der Waals surface area contributed by atoms with E-state index in [-0.39, 0.29) is 11.6 Å². The maximum atomic E-state index is 12.5. The molecule has 1 fully saturated rings. The second-order valence-electron chi connectivity index (χ2n) is 7.40. The van der Waals surface area contributed by atoms with Crippen molar-refractivity contribution < 1.29 is 9.53 Å². The Morgan fingerprint density at radius 2 is 2.14 bits per heavy atom. The summed E-state index contributed by atoms with van der Waals surface area (Å²) in [4.78, 5) is 20.8. The van der Waals surface area contributed by atoms with Crippen LogP contribution in [0, 0.1) is 0 Å². The maximum Gasteiger partial charge on any atom is 0.410 e. The third kappa shape index (κ3) is 5.76. The van der Waals surface area contributed by atoms with E-state index in [0.29, 0.717) is 6.61 Å². The molecule has 7 heteroatoms. The molecule has 0 saturated carbocycles. The Hall–Kier alpha value is -2.96. The second kappa shape index (κ2) is 10.5. The van der Waals surface area contributed by atoms with Gasteiger partial charge >= 0.3 is 6.09 Å². The van der Waals surface area contributed by atoms with Crippen LogP contribution >= 0.6 is 0 Å². The first-order chi connectivity index (χ1) is 13.9. The number of nitrogens with zero attached hydrogens (tertiary/aromatic N) is 3. The lowest BCUT2D eigenvalue weighted by molar-refractivity contribution is -0.0131. The van der Waals surface area contributed by atoms with E-state index < -0.39 is 0 Å². The Balaban J connectivity index is 1.91. The molecule has 1 amide bonds. The van der Waals surface area contributed by atoms with Gasteiger partial charge < -0.3 is 25.6 Å². The van der Waals surface area contributed by atoms with Crippen LogP contribution in [-0.2, 0) is 11.3 Å². The van der Waals surface area contributed by atoms with Crippen LogP contribution in [0.25, 0.3) is 0 Å². The first-order valence-corrected chi connectivity index (χ1v) is 9.87. The number of nitrogens with two attached hydrogens (primary N) is 1. The molecule has 1 aliphatic rings. The standard InChI is InChI=1S/C22H33N5O2/c1-22(11-14-26(4)20(25-3)19(16-23)10-13-24-2)12-15-27(22)21(28)29-17-18-8-6-5-7-9-18/h5-10,13,16,24H,11-12,14-15,17,23H2,1-4H3/b13-10-,19-16-,25-20?/t22-/m1/s1. The molecule has 7 nitrogen and oxygen atoms in total. The number of amides is 1. The molecule has 3 N–H and O–H groups in total. The smallest absolute Gasteiger partial charge is 0.410 e. The third-order valence-electron chi connectivity index (χ3n) is 5.38. The zero-order valence-corrected chi connectivity index (χ0v) is 17.9. The van der Waals surface area contributed by atoms with E-state index in [1.807, 2.05) is 61.6 Å². The number of carbonyl (C=O) groups is 1. The van der Waals surface area contributed by atoms with Crippen molar-refractivity contribution in [3.05, 3.63) is 59.9 Å². The molecule has 1 aromatic carbocycles. The summed E-state index contributed by atoms with van der Waals surface area (Å²) in [6.45, 7) is 3.87. The molecule has 0 bridgehead atoms. The van der Waals surface area contributed by atoms with Crippen molar-refractivity contribution in [1.29, 1.82) is 0 Å². The minimum Gasteiger partial charge on any atom is -0.445 e. The Morgan fingerprint density at radius 1 is 1.41 bits per heavy atom. The summed E-state index contributed by atoms with van der Waals surface area (Å²) < 4.78 is 5.51. The van der Waals surface area contributed by atoms with Crippen molar-refractivity contribution in [2.45, 2.75) is 31.9 Å². The van der Waals surface area contributed by atoms with Crippen molar-refractivity contribution in [1.82, 2.24) is 15.1 Å². The first kappa shape index (κ1) is 22.3. The third-order valence-corrected chi connectivity index (χ3v) is 5.38. The number of nitrogens with one attached hydrogen (secondary N) is 1. The normalized spacial score (nSPS) is 19.8. The molecule has 0 radical (unpaired) electrons. The number of carbonyl (C=O) groups excluding carboxylic acids is 1. The largest absolute Gasteiger partial charge is 0.445 e. The fourth-order valence-electron chi connectivity index (χ4n) is 3.39. The summed E-state index contributed by atoms with van der Waals surface area (Å²) in [5.41, 5.74) is 7.38. The first-order valence-electron chi connectivity index (χ1n) is 9.87. The fraction of sp³-hybridized carbons (Fsp3) is 0.455. The molecular weight excluding hydrogens is 366 g/mol. The van der Waals surface area contributed by atoms with Crippen LogP contribution in [0.3, 0.4) is 0 Å². The molecule has 0 unspecified atom stereocenters. The van der Waals surface area contributed by atoms with Gasteiger partial charge in [-0.05, 0) is 37.6 Å². The predicted molar refractivity (Wildman–Crippen MR) is 117 cm³/mol. The molecule has 158 valence electrons. The van der Waals surface area contributed by atoms with Gasteiger partial charge in [-0.1, -0.05) is 30.3 Å². The summed E-state index contributed by atoms with van der Waals surface area (Å²) >= 11 is 0. The second-order valence-corrected chi connectivity index (χ2v) is 7.40.